The van der Waals surface area contributed by atoms with Gasteiger partial charge in [0.05, 0.1) is 5.56 Å². The molecule has 112 valence electrons. The van der Waals surface area contributed by atoms with Gasteiger partial charge in [-0.25, -0.2) is 0 Å². The quantitative estimate of drug-likeness (QED) is 0.318. The average Bonchev–Trinajstić information content (AvgIpc) is 2.37. The van der Waals surface area contributed by atoms with Crippen LogP contribution in [0, 0.1) is 5.41 Å². The number of carbonyl (C=O) groups excluding carboxylic acids is 2. The largest absolute Gasteiger partial charge is 0.480 e. The van der Waals surface area contributed by atoms with Crippen molar-refractivity contribution >= 4 is 23.8 Å². The molecular weight excluding hydrogens is 278 g/mol. The SMILES string of the molecule is CC(=O)Oc1ccccc1C(=O)NC(=N)N(C)CC(=O)O. The highest BCUT2D eigenvalue weighted by Crippen LogP contribution is 2.17. The summed E-state index contributed by atoms with van der Waals surface area (Å²) in [7, 11) is 1.36. The second kappa shape index (κ2) is 7.04. The lowest BCUT2D eigenvalue weighted by atomic mass is 10.2. The third-order valence-electron chi connectivity index (χ3n) is 2.37. The number of carbonyl (C=O) groups is 3. The smallest absolute Gasteiger partial charge is 0.323 e. The Kier molecular flexibility index (Phi) is 5.41. The van der Waals surface area contributed by atoms with Gasteiger partial charge in [-0.2, -0.15) is 0 Å². The van der Waals surface area contributed by atoms with E-state index in [1.165, 1.54) is 26.1 Å². The molecule has 1 rings (SSSR count). The Balaban J connectivity index is 2.82. The monoisotopic (exact) mass is 293 g/mol. The summed E-state index contributed by atoms with van der Waals surface area (Å²) < 4.78 is 4.90. The second-order valence-corrected chi connectivity index (χ2v) is 4.14. The molecule has 0 aliphatic carbocycles. The van der Waals surface area contributed by atoms with Gasteiger partial charge in [0.2, 0.25) is 0 Å². The molecule has 0 heterocycles. The number of nitrogens with one attached hydrogen (secondary N) is 2. The first-order valence-corrected chi connectivity index (χ1v) is 5.91. The predicted octanol–water partition coefficient (Wildman–Crippen LogP) is 0.293. The molecule has 0 saturated carbocycles. The van der Waals surface area contributed by atoms with E-state index in [9.17, 15) is 14.4 Å². The van der Waals surface area contributed by atoms with Crippen LogP contribution < -0.4 is 10.1 Å². The molecule has 1 aromatic rings. The lowest BCUT2D eigenvalue weighted by molar-refractivity contribution is -0.137. The summed E-state index contributed by atoms with van der Waals surface area (Å²) in [6.07, 6.45) is 0. The van der Waals surface area contributed by atoms with E-state index in [1.54, 1.807) is 12.1 Å². The molecule has 0 spiro atoms. The maximum absolute atomic E-state index is 12.0. The first kappa shape index (κ1) is 16.2. The number of rotatable bonds is 4. The highest BCUT2D eigenvalue weighted by atomic mass is 16.5. The number of carboxylic acid groups (broad SMARTS) is 1. The van der Waals surface area contributed by atoms with Crippen LogP contribution in [0.1, 0.15) is 17.3 Å². The van der Waals surface area contributed by atoms with E-state index in [1.807, 2.05) is 0 Å². The summed E-state index contributed by atoms with van der Waals surface area (Å²) in [5, 5.41) is 18.5. The molecular formula is C13H15N3O5. The highest BCUT2D eigenvalue weighted by molar-refractivity contribution is 6.06. The van der Waals surface area contributed by atoms with Gasteiger partial charge >= 0.3 is 11.9 Å². The minimum absolute atomic E-state index is 0.0659. The number of ether oxygens (including phenoxy) is 1. The Labute approximate surface area is 120 Å². The van der Waals surface area contributed by atoms with E-state index in [0.29, 0.717) is 0 Å². The van der Waals surface area contributed by atoms with Crippen LogP contribution in [0.15, 0.2) is 24.3 Å². The van der Waals surface area contributed by atoms with Gasteiger partial charge in [-0.3, -0.25) is 25.1 Å². The molecule has 1 amide bonds. The molecule has 21 heavy (non-hydrogen) atoms. The molecule has 0 atom stereocenters. The number of nitrogens with zero attached hydrogens (tertiary/aromatic N) is 1. The normalized spacial score (nSPS) is 9.62. The number of amides is 1. The van der Waals surface area contributed by atoms with Crippen molar-refractivity contribution in [3.8, 4) is 5.75 Å². The van der Waals surface area contributed by atoms with Crippen molar-refractivity contribution in [2.75, 3.05) is 13.6 Å². The Morgan fingerprint density at radius 3 is 2.52 bits per heavy atom. The van der Waals surface area contributed by atoms with Crippen molar-refractivity contribution in [1.82, 2.24) is 10.2 Å². The molecule has 3 N–H and O–H groups in total. The molecule has 1 aromatic carbocycles. The van der Waals surface area contributed by atoms with Crippen LogP contribution >= 0.6 is 0 Å². The van der Waals surface area contributed by atoms with E-state index in [0.717, 1.165) is 4.90 Å². The highest BCUT2D eigenvalue weighted by Gasteiger charge is 2.17. The van der Waals surface area contributed by atoms with Gasteiger partial charge in [-0.15, -0.1) is 0 Å². The summed E-state index contributed by atoms with van der Waals surface area (Å²) >= 11 is 0. The minimum atomic E-state index is -1.13. The lowest BCUT2D eigenvalue weighted by Crippen LogP contribution is -2.43. The zero-order valence-electron chi connectivity index (χ0n) is 11.5. The fraction of sp³-hybridized carbons (Fsp3) is 0.231. The van der Waals surface area contributed by atoms with Crippen molar-refractivity contribution in [3.63, 3.8) is 0 Å². The maximum atomic E-state index is 12.0. The molecule has 0 unspecified atom stereocenters. The number of para-hydroxylation sites is 1. The summed E-state index contributed by atoms with van der Waals surface area (Å²) in [5.41, 5.74) is 0.0705. The molecule has 0 aromatic heterocycles. The van der Waals surface area contributed by atoms with Crippen LogP contribution in [0.3, 0.4) is 0 Å². The molecule has 0 radical (unpaired) electrons. The zero-order valence-corrected chi connectivity index (χ0v) is 11.5. The topological polar surface area (TPSA) is 120 Å². The number of hydrogen-bond donors (Lipinski definition) is 3. The number of guanidine groups is 1. The summed E-state index contributed by atoms with van der Waals surface area (Å²) in [6.45, 7) is 0.780. The van der Waals surface area contributed by atoms with Crippen molar-refractivity contribution in [2.24, 2.45) is 0 Å². The molecule has 0 fully saturated rings. The number of aliphatic carboxylic acids is 1. The van der Waals surface area contributed by atoms with Gasteiger partial charge in [0, 0.05) is 14.0 Å². The predicted molar refractivity (Wildman–Crippen MR) is 73.2 cm³/mol. The summed E-state index contributed by atoms with van der Waals surface area (Å²) in [6, 6.07) is 6.04. The fourth-order valence-corrected chi connectivity index (χ4v) is 1.45. The van der Waals surface area contributed by atoms with E-state index in [-0.39, 0.29) is 17.3 Å². The maximum Gasteiger partial charge on any atom is 0.323 e. The van der Waals surface area contributed by atoms with Crippen molar-refractivity contribution in [3.05, 3.63) is 29.8 Å². The number of hydrogen-bond acceptors (Lipinski definition) is 5. The molecule has 8 heteroatoms. The van der Waals surface area contributed by atoms with E-state index < -0.39 is 24.4 Å². The molecule has 0 aliphatic rings. The van der Waals surface area contributed by atoms with Crippen LogP contribution in [0.2, 0.25) is 0 Å². The van der Waals surface area contributed by atoms with Gasteiger partial charge in [-0.05, 0) is 12.1 Å². The average molecular weight is 293 g/mol. The van der Waals surface area contributed by atoms with Crippen LogP contribution in [-0.2, 0) is 9.59 Å². The second-order valence-electron chi connectivity index (χ2n) is 4.14. The number of benzene rings is 1. The zero-order chi connectivity index (χ0) is 16.0. The van der Waals surface area contributed by atoms with Crippen LogP contribution in [-0.4, -0.2) is 47.4 Å². The third kappa shape index (κ3) is 4.94. The summed E-state index contributed by atoms with van der Waals surface area (Å²) in [4.78, 5) is 34.6. The number of likely N-dealkylation sites (N-methyl/N-ethyl adjacent to an activating group) is 1. The Bertz CT molecular complexity index is 585. The molecule has 8 nitrogen and oxygen atoms in total. The van der Waals surface area contributed by atoms with Crippen LogP contribution in [0.25, 0.3) is 0 Å². The Hall–Kier alpha value is -2.90. The lowest BCUT2D eigenvalue weighted by Gasteiger charge is -2.18. The first-order valence-electron chi connectivity index (χ1n) is 5.91. The fourth-order valence-electron chi connectivity index (χ4n) is 1.45. The van der Waals surface area contributed by atoms with Crippen LogP contribution in [0.5, 0.6) is 5.75 Å². The van der Waals surface area contributed by atoms with Gasteiger partial charge in [0.15, 0.2) is 5.96 Å². The summed E-state index contributed by atoms with van der Waals surface area (Å²) in [5.74, 6) is -2.68. The van der Waals surface area contributed by atoms with E-state index in [2.05, 4.69) is 5.32 Å². The van der Waals surface area contributed by atoms with Crippen molar-refractivity contribution in [1.29, 1.82) is 5.41 Å². The number of esters is 1. The first-order chi connectivity index (χ1) is 9.81. The minimum Gasteiger partial charge on any atom is -0.480 e. The van der Waals surface area contributed by atoms with Gasteiger partial charge < -0.3 is 14.7 Å². The van der Waals surface area contributed by atoms with E-state index >= 15 is 0 Å². The van der Waals surface area contributed by atoms with Gasteiger partial charge in [0.1, 0.15) is 12.3 Å². The Morgan fingerprint density at radius 2 is 1.95 bits per heavy atom. The van der Waals surface area contributed by atoms with Crippen molar-refractivity contribution in [2.45, 2.75) is 6.92 Å². The molecule has 0 saturated heterocycles. The molecule has 0 bridgehead atoms. The van der Waals surface area contributed by atoms with Crippen LogP contribution in [0.4, 0.5) is 0 Å². The van der Waals surface area contributed by atoms with Gasteiger partial charge in [0.25, 0.3) is 5.91 Å². The third-order valence-corrected chi connectivity index (χ3v) is 2.37. The van der Waals surface area contributed by atoms with Crippen molar-refractivity contribution < 1.29 is 24.2 Å². The van der Waals surface area contributed by atoms with Gasteiger partial charge in [-0.1, -0.05) is 12.1 Å². The van der Waals surface area contributed by atoms with E-state index in [4.69, 9.17) is 15.3 Å². The Morgan fingerprint density at radius 1 is 1.33 bits per heavy atom. The standard InChI is InChI=1S/C13H15N3O5/c1-8(17)21-10-6-4-3-5-9(10)12(20)15-13(14)16(2)7-11(18)19/h3-6H,7H2,1-2H3,(H,18,19)(H2,14,15,20). The number of carboxylic acids is 1. The molecule has 0 aliphatic heterocycles.